The van der Waals surface area contributed by atoms with Gasteiger partial charge >= 0.3 is 5.97 Å². The first kappa shape index (κ1) is 15.3. The lowest BCUT2D eigenvalue weighted by atomic mass is 10.1. The van der Waals surface area contributed by atoms with Crippen LogP contribution in [-0.4, -0.2) is 35.8 Å². The van der Waals surface area contributed by atoms with Gasteiger partial charge in [-0.15, -0.1) is 0 Å². The highest BCUT2D eigenvalue weighted by molar-refractivity contribution is 5.97. The van der Waals surface area contributed by atoms with Gasteiger partial charge in [-0.3, -0.25) is 4.79 Å². The number of carboxylic acids is 1. The molecule has 1 aromatic carbocycles. The summed E-state index contributed by atoms with van der Waals surface area (Å²) in [5, 5.41) is 11.8. The molecular weight excluding hydrogens is 274 g/mol. The second kappa shape index (κ2) is 6.58. The Morgan fingerprint density at radius 3 is 2.76 bits per heavy atom. The van der Waals surface area contributed by atoms with E-state index in [2.05, 4.69) is 5.32 Å². The monoisotopic (exact) mass is 293 g/mol. The molecule has 0 radical (unpaired) electrons. The van der Waals surface area contributed by atoms with Crippen LogP contribution >= 0.6 is 0 Å². The molecule has 1 aromatic rings. The Kier molecular flexibility index (Phi) is 4.80. The van der Waals surface area contributed by atoms with Crippen LogP contribution in [0.15, 0.2) is 18.2 Å². The van der Waals surface area contributed by atoms with Crippen LogP contribution in [0, 0.1) is 0 Å². The topological polar surface area (TPSA) is 84.9 Å². The van der Waals surface area contributed by atoms with Gasteiger partial charge in [-0.1, -0.05) is 0 Å². The number of aromatic carboxylic acids is 1. The van der Waals surface area contributed by atoms with Crippen molar-refractivity contribution in [2.75, 3.05) is 11.9 Å². The zero-order valence-electron chi connectivity index (χ0n) is 12.1. The van der Waals surface area contributed by atoms with Gasteiger partial charge in [-0.05, 0) is 44.9 Å². The van der Waals surface area contributed by atoms with Crippen molar-refractivity contribution in [1.82, 2.24) is 0 Å². The first-order chi connectivity index (χ1) is 9.97. The molecule has 2 N–H and O–H groups in total. The third-order valence-corrected chi connectivity index (χ3v) is 3.07. The van der Waals surface area contributed by atoms with Gasteiger partial charge in [0, 0.05) is 6.61 Å². The van der Waals surface area contributed by atoms with Gasteiger partial charge in [0.15, 0.2) is 0 Å². The van der Waals surface area contributed by atoms with Crippen LogP contribution in [0.1, 0.15) is 37.0 Å². The smallest absolute Gasteiger partial charge is 0.335 e. The number of carbonyl (C=O) groups is 2. The molecule has 6 nitrogen and oxygen atoms in total. The Morgan fingerprint density at radius 2 is 2.19 bits per heavy atom. The van der Waals surface area contributed by atoms with Gasteiger partial charge in [0.25, 0.3) is 5.91 Å². The SMILES string of the molecule is CC(C)Oc1ccc(C(=O)O)cc1NC(=O)C1CCCO1. The van der Waals surface area contributed by atoms with Crippen molar-refractivity contribution in [2.45, 2.75) is 38.9 Å². The van der Waals surface area contributed by atoms with Crippen molar-refractivity contribution in [2.24, 2.45) is 0 Å². The van der Waals surface area contributed by atoms with E-state index in [4.69, 9.17) is 14.6 Å². The maximum atomic E-state index is 12.1. The molecule has 6 heteroatoms. The van der Waals surface area contributed by atoms with Crippen molar-refractivity contribution < 1.29 is 24.2 Å². The second-order valence-corrected chi connectivity index (χ2v) is 5.17. The molecule has 0 spiro atoms. The summed E-state index contributed by atoms with van der Waals surface area (Å²) < 4.78 is 10.9. The van der Waals surface area contributed by atoms with Crippen molar-refractivity contribution in [1.29, 1.82) is 0 Å². The highest BCUT2D eigenvalue weighted by atomic mass is 16.5. The summed E-state index contributed by atoms with van der Waals surface area (Å²) in [6.45, 7) is 4.29. The number of ether oxygens (including phenoxy) is 2. The average Bonchev–Trinajstić information content (AvgIpc) is 2.93. The molecule has 0 aromatic heterocycles. The molecule has 114 valence electrons. The zero-order chi connectivity index (χ0) is 15.4. The third kappa shape index (κ3) is 3.95. The van der Waals surface area contributed by atoms with E-state index < -0.39 is 12.1 Å². The van der Waals surface area contributed by atoms with Gasteiger partial charge in [0.2, 0.25) is 0 Å². The van der Waals surface area contributed by atoms with Crippen LogP contribution in [0.25, 0.3) is 0 Å². The number of carbonyl (C=O) groups excluding carboxylic acids is 1. The Morgan fingerprint density at radius 1 is 1.43 bits per heavy atom. The largest absolute Gasteiger partial charge is 0.489 e. The summed E-state index contributed by atoms with van der Waals surface area (Å²) in [5.41, 5.74) is 0.442. The van der Waals surface area contributed by atoms with E-state index in [0.717, 1.165) is 6.42 Å². The van der Waals surface area contributed by atoms with Gasteiger partial charge in [0.1, 0.15) is 11.9 Å². The van der Waals surface area contributed by atoms with Crippen molar-refractivity contribution in [3.63, 3.8) is 0 Å². The van der Waals surface area contributed by atoms with E-state index in [1.54, 1.807) is 6.07 Å². The van der Waals surface area contributed by atoms with Gasteiger partial charge in [0.05, 0.1) is 17.4 Å². The number of nitrogens with one attached hydrogen (secondary N) is 1. The van der Waals surface area contributed by atoms with Crippen LogP contribution < -0.4 is 10.1 Å². The molecule has 1 amide bonds. The fraction of sp³-hybridized carbons (Fsp3) is 0.467. The van der Waals surface area contributed by atoms with Crippen LogP contribution in [0.2, 0.25) is 0 Å². The molecule has 1 aliphatic heterocycles. The molecule has 1 heterocycles. The molecule has 1 unspecified atom stereocenters. The van der Waals surface area contributed by atoms with Crippen LogP contribution in [-0.2, 0) is 9.53 Å². The average molecular weight is 293 g/mol. The molecule has 1 fully saturated rings. The van der Waals surface area contributed by atoms with Gasteiger partial charge < -0.3 is 19.9 Å². The molecule has 1 aliphatic rings. The highest BCUT2D eigenvalue weighted by Crippen LogP contribution is 2.28. The zero-order valence-corrected chi connectivity index (χ0v) is 12.1. The van der Waals surface area contributed by atoms with E-state index in [0.29, 0.717) is 24.5 Å². The number of hydrogen-bond donors (Lipinski definition) is 2. The quantitative estimate of drug-likeness (QED) is 0.870. The Balaban J connectivity index is 2.22. The minimum absolute atomic E-state index is 0.0842. The molecule has 21 heavy (non-hydrogen) atoms. The van der Waals surface area contributed by atoms with Gasteiger partial charge in [-0.2, -0.15) is 0 Å². The maximum absolute atomic E-state index is 12.1. The Bertz CT molecular complexity index is 535. The van der Waals surface area contributed by atoms with Crippen LogP contribution in [0.3, 0.4) is 0 Å². The van der Waals surface area contributed by atoms with E-state index >= 15 is 0 Å². The summed E-state index contributed by atoms with van der Waals surface area (Å²) in [5.74, 6) is -0.885. The lowest BCUT2D eigenvalue weighted by Crippen LogP contribution is -2.27. The normalized spacial score (nSPS) is 17.8. The number of amides is 1. The summed E-state index contributed by atoms with van der Waals surface area (Å²) >= 11 is 0. The number of rotatable bonds is 5. The van der Waals surface area contributed by atoms with Crippen molar-refractivity contribution in [3.05, 3.63) is 23.8 Å². The summed E-state index contributed by atoms with van der Waals surface area (Å²) in [6, 6.07) is 4.39. The van der Waals surface area contributed by atoms with E-state index in [-0.39, 0.29) is 17.6 Å². The minimum Gasteiger partial charge on any atom is -0.489 e. The van der Waals surface area contributed by atoms with Crippen LogP contribution in [0.5, 0.6) is 5.75 Å². The standard InChI is InChI=1S/C15H19NO5/c1-9(2)21-12-6-5-10(15(18)19)8-11(12)16-14(17)13-4-3-7-20-13/h5-6,8-9,13H,3-4,7H2,1-2H3,(H,16,17)(H,18,19). The van der Waals surface area contributed by atoms with E-state index in [1.807, 2.05) is 13.8 Å². The van der Waals surface area contributed by atoms with E-state index in [9.17, 15) is 9.59 Å². The molecule has 0 bridgehead atoms. The Hall–Kier alpha value is -2.08. The molecule has 1 atom stereocenters. The molecule has 2 rings (SSSR count). The summed E-state index contributed by atoms with van der Waals surface area (Å²) in [7, 11) is 0. The summed E-state index contributed by atoms with van der Waals surface area (Å²) in [6.07, 6.45) is 0.956. The lowest BCUT2D eigenvalue weighted by molar-refractivity contribution is -0.124. The first-order valence-corrected chi connectivity index (χ1v) is 6.94. The fourth-order valence-electron chi connectivity index (χ4n) is 2.12. The van der Waals surface area contributed by atoms with Crippen molar-refractivity contribution >= 4 is 17.6 Å². The molecule has 0 saturated carbocycles. The first-order valence-electron chi connectivity index (χ1n) is 6.94. The van der Waals surface area contributed by atoms with Gasteiger partial charge in [-0.25, -0.2) is 4.79 Å². The molecule has 0 aliphatic carbocycles. The minimum atomic E-state index is -1.06. The lowest BCUT2D eigenvalue weighted by Gasteiger charge is -2.17. The predicted molar refractivity (Wildman–Crippen MR) is 76.8 cm³/mol. The molecular formula is C15H19NO5. The van der Waals surface area contributed by atoms with E-state index in [1.165, 1.54) is 12.1 Å². The summed E-state index contributed by atoms with van der Waals surface area (Å²) in [4.78, 5) is 23.1. The second-order valence-electron chi connectivity index (χ2n) is 5.17. The fourth-order valence-corrected chi connectivity index (χ4v) is 2.12. The van der Waals surface area contributed by atoms with Crippen LogP contribution in [0.4, 0.5) is 5.69 Å². The number of anilines is 1. The third-order valence-electron chi connectivity index (χ3n) is 3.07. The number of hydrogen-bond acceptors (Lipinski definition) is 4. The molecule has 1 saturated heterocycles. The number of benzene rings is 1. The Labute approximate surface area is 123 Å². The maximum Gasteiger partial charge on any atom is 0.335 e. The number of carboxylic acid groups (broad SMARTS) is 1. The highest BCUT2D eigenvalue weighted by Gasteiger charge is 2.24. The van der Waals surface area contributed by atoms with Crippen molar-refractivity contribution in [3.8, 4) is 5.75 Å². The predicted octanol–water partition coefficient (Wildman–Crippen LogP) is 2.29.